The summed E-state index contributed by atoms with van der Waals surface area (Å²) in [5, 5.41) is 0. The van der Waals surface area contributed by atoms with Crippen LogP contribution >= 0.6 is 0 Å². The van der Waals surface area contributed by atoms with Crippen LogP contribution in [-0.4, -0.2) is 25.0 Å². The number of rotatable bonds is 10. The summed E-state index contributed by atoms with van der Waals surface area (Å²) >= 11 is 0. The Morgan fingerprint density at radius 3 is 2.12 bits per heavy atom. The van der Waals surface area contributed by atoms with Crippen molar-refractivity contribution < 1.29 is 23.8 Å². The van der Waals surface area contributed by atoms with Gasteiger partial charge >= 0.3 is 5.97 Å². The fraction of sp³-hybridized carbons (Fsp3) is 0.407. The lowest BCUT2D eigenvalue weighted by atomic mass is 9.97. The summed E-state index contributed by atoms with van der Waals surface area (Å²) in [4.78, 5) is 24.8. The molecule has 0 aromatic heterocycles. The summed E-state index contributed by atoms with van der Waals surface area (Å²) in [6.45, 7) is 12.6. The van der Waals surface area contributed by atoms with Crippen LogP contribution in [0.15, 0.2) is 42.5 Å². The SMILES string of the molecule is CCCOc1ccc(C)c(OCCC)c1C=CC(=O)c1ccc(OC(=O)C(C)(C)C)cc1. The molecule has 0 amide bonds. The largest absolute Gasteiger partial charge is 0.493 e. The highest BCUT2D eigenvalue weighted by Gasteiger charge is 2.23. The molecule has 0 spiro atoms. The zero-order valence-electron chi connectivity index (χ0n) is 20.0. The zero-order chi connectivity index (χ0) is 23.7. The molecule has 5 nitrogen and oxygen atoms in total. The lowest BCUT2D eigenvalue weighted by Gasteiger charge is -2.16. The third kappa shape index (κ3) is 6.98. The van der Waals surface area contributed by atoms with Gasteiger partial charge in [0.2, 0.25) is 0 Å². The Labute approximate surface area is 191 Å². The average Bonchev–Trinajstić information content (AvgIpc) is 2.75. The van der Waals surface area contributed by atoms with E-state index in [9.17, 15) is 9.59 Å². The fourth-order valence-electron chi connectivity index (χ4n) is 2.78. The van der Waals surface area contributed by atoms with Crippen LogP contribution in [0.1, 0.15) is 68.9 Å². The van der Waals surface area contributed by atoms with E-state index in [-0.39, 0.29) is 11.8 Å². The van der Waals surface area contributed by atoms with Gasteiger partial charge in [0.05, 0.1) is 24.2 Å². The van der Waals surface area contributed by atoms with E-state index in [1.807, 2.05) is 32.9 Å². The minimum atomic E-state index is -0.597. The molecule has 0 aliphatic carbocycles. The molecule has 172 valence electrons. The van der Waals surface area contributed by atoms with Crippen LogP contribution < -0.4 is 14.2 Å². The number of aryl methyl sites for hydroxylation is 1. The summed E-state index contributed by atoms with van der Waals surface area (Å²) in [6, 6.07) is 10.4. The van der Waals surface area contributed by atoms with E-state index in [4.69, 9.17) is 14.2 Å². The summed E-state index contributed by atoms with van der Waals surface area (Å²) in [5.74, 6) is 1.35. The van der Waals surface area contributed by atoms with Crippen molar-refractivity contribution in [3.8, 4) is 17.2 Å². The van der Waals surface area contributed by atoms with Crippen LogP contribution in [0.2, 0.25) is 0 Å². The van der Waals surface area contributed by atoms with Gasteiger partial charge in [-0.3, -0.25) is 9.59 Å². The Balaban J connectivity index is 2.25. The first-order chi connectivity index (χ1) is 15.2. The normalized spacial score (nSPS) is 11.4. The molecule has 0 aliphatic heterocycles. The predicted molar refractivity (Wildman–Crippen MR) is 128 cm³/mol. The molecule has 0 bridgehead atoms. The maximum absolute atomic E-state index is 12.8. The van der Waals surface area contributed by atoms with Gasteiger partial charge in [-0.05, 0) is 88.6 Å². The third-order valence-corrected chi connectivity index (χ3v) is 4.63. The Kier molecular flexibility index (Phi) is 9.06. The van der Waals surface area contributed by atoms with Crippen LogP contribution in [0.4, 0.5) is 0 Å². The summed E-state index contributed by atoms with van der Waals surface area (Å²) < 4.78 is 17.2. The highest BCUT2D eigenvalue weighted by atomic mass is 16.5. The maximum atomic E-state index is 12.8. The lowest BCUT2D eigenvalue weighted by molar-refractivity contribution is -0.143. The van der Waals surface area contributed by atoms with Crippen molar-refractivity contribution in [2.45, 2.75) is 54.4 Å². The molecular weight excluding hydrogens is 404 g/mol. The molecule has 0 saturated carbocycles. The molecule has 32 heavy (non-hydrogen) atoms. The van der Waals surface area contributed by atoms with E-state index in [1.54, 1.807) is 51.1 Å². The van der Waals surface area contributed by atoms with E-state index in [2.05, 4.69) is 0 Å². The van der Waals surface area contributed by atoms with Crippen LogP contribution in [0, 0.1) is 12.3 Å². The van der Waals surface area contributed by atoms with Crippen LogP contribution in [-0.2, 0) is 4.79 Å². The fourth-order valence-corrected chi connectivity index (χ4v) is 2.78. The first-order valence-corrected chi connectivity index (χ1v) is 11.1. The topological polar surface area (TPSA) is 61.8 Å². The van der Waals surface area contributed by atoms with Crippen molar-refractivity contribution in [1.29, 1.82) is 0 Å². The lowest BCUT2D eigenvalue weighted by Crippen LogP contribution is -2.25. The zero-order valence-corrected chi connectivity index (χ0v) is 20.0. The number of benzene rings is 2. The third-order valence-electron chi connectivity index (χ3n) is 4.63. The Bertz CT molecular complexity index is 949. The van der Waals surface area contributed by atoms with Gasteiger partial charge in [0.15, 0.2) is 5.78 Å². The van der Waals surface area contributed by atoms with Gasteiger partial charge < -0.3 is 14.2 Å². The molecule has 0 atom stereocenters. The molecule has 0 N–H and O–H groups in total. The maximum Gasteiger partial charge on any atom is 0.316 e. The number of carbonyl (C=O) groups is 2. The Morgan fingerprint density at radius 1 is 0.906 bits per heavy atom. The van der Waals surface area contributed by atoms with Crippen LogP contribution in [0.5, 0.6) is 17.2 Å². The van der Waals surface area contributed by atoms with Crippen molar-refractivity contribution in [1.82, 2.24) is 0 Å². The second-order valence-corrected chi connectivity index (χ2v) is 8.68. The van der Waals surface area contributed by atoms with Gasteiger partial charge in [-0.25, -0.2) is 0 Å². The smallest absolute Gasteiger partial charge is 0.316 e. The van der Waals surface area contributed by atoms with Crippen molar-refractivity contribution >= 4 is 17.8 Å². The first-order valence-electron chi connectivity index (χ1n) is 11.1. The summed E-state index contributed by atoms with van der Waals surface area (Å²) in [6.07, 6.45) is 5.03. The molecule has 5 heteroatoms. The number of hydrogen-bond donors (Lipinski definition) is 0. The van der Waals surface area contributed by atoms with Crippen molar-refractivity contribution in [3.05, 3.63) is 59.2 Å². The molecular formula is C27H34O5. The number of ether oxygens (including phenoxy) is 3. The quantitative estimate of drug-likeness (QED) is 0.185. The van der Waals surface area contributed by atoms with Crippen molar-refractivity contribution in [3.63, 3.8) is 0 Å². The molecule has 0 radical (unpaired) electrons. The molecule has 0 unspecified atom stereocenters. The van der Waals surface area contributed by atoms with Crippen molar-refractivity contribution in [2.75, 3.05) is 13.2 Å². The highest BCUT2D eigenvalue weighted by Crippen LogP contribution is 2.34. The molecule has 0 heterocycles. The monoisotopic (exact) mass is 438 g/mol. The number of esters is 1. The second-order valence-electron chi connectivity index (χ2n) is 8.68. The Hall–Kier alpha value is -3.08. The van der Waals surface area contributed by atoms with Gasteiger partial charge in [-0.1, -0.05) is 19.9 Å². The van der Waals surface area contributed by atoms with E-state index in [1.165, 1.54) is 6.08 Å². The van der Waals surface area contributed by atoms with Gasteiger partial charge in [0.25, 0.3) is 0 Å². The standard InChI is InChI=1S/C27H34O5/c1-7-17-30-24-16-9-19(3)25(31-18-8-2)22(24)14-15-23(28)20-10-12-21(13-11-20)32-26(29)27(4,5)6/h9-16H,7-8,17-18H2,1-6H3. The molecule has 0 aliphatic rings. The second kappa shape index (κ2) is 11.5. The number of allylic oxidation sites excluding steroid dienone is 1. The van der Waals surface area contributed by atoms with Crippen LogP contribution in [0.3, 0.4) is 0 Å². The minimum Gasteiger partial charge on any atom is -0.493 e. The van der Waals surface area contributed by atoms with Crippen molar-refractivity contribution in [2.24, 2.45) is 5.41 Å². The predicted octanol–water partition coefficient (Wildman–Crippen LogP) is 6.42. The molecule has 0 fully saturated rings. The van der Waals surface area contributed by atoms with Gasteiger partial charge in [0.1, 0.15) is 17.2 Å². The van der Waals surface area contributed by atoms with E-state index in [0.717, 1.165) is 29.7 Å². The highest BCUT2D eigenvalue weighted by molar-refractivity contribution is 6.07. The van der Waals surface area contributed by atoms with Gasteiger partial charge in [-0.2, -0.15) is 0 Å². The Morgan fingerprint density at radius 2 is 1.53 bits per heavy atom. The first kappa shape index (κ1) is 25.2. The number of hydrogen-bond acceptors (Lipinski definition) is 5. The number of carbonyl (C=O) groups excluding carboxylic acids is 2. The molecule has 2 aromatic rings. The molecule has 2 rings (SSSR count). The molecule has 0 saturated heterocycles. The van der Waals surface area contributed by atoms with E-state index >= 15 is 0 Å². The molecule has 2 aromatic carbocycles. The average molecular weight is 439 g/mol. The minimum absolute atomic E-state index is 0.164. The van der Waals surface area contributed by atoms with Crippen LogP contribution in [0.25, 0.3) is 6.08 Å². The van der Waals surface area contributed by atoms with E-state index < -0.39 is 5.41 Å². The summed E-state index contributed by atoms with van der Waals surface area (Å²) in [7, 11) is 0. The van der Waals surface area contributed by atoms with Gasteiger partial charge in [0, 0.05) is 5.56 Å². The van der Waals surface area contributed by atoms with Gasteiger partial charge in [-0.15, -0.1) is 0 Å². The summed E-state index contributed by atoms with van der Waals surface area (Å²) in [5.41, 5.74) is 1.65. The van der Waals surface area contributed by atoms with E-state index in [0.29, 0.717) is 30.3 Å². The number of ketones is 1.